The topological polar surface area (TPSA) is 15.3 Å². The predicted molar refractivity (Wildman–Crippen MR) is 88.7 cm³/mol. The molecule has 1 aliphatic rings. The Kier molecular flexibility index (Phi) is 4.98. The van der Waals surface area contributed by atoms with Crippen LogP contribution in [-0.4, -0.2) is 18.1 Å². The largest absolute Gasteiger partial charge is 0.368 e. The second kappa shape index (κ2) is 6.36. The summed E-state index contributed by atoms with van der Waals surface area (Å²) in [7, 11) is 0. The van der Waals surface area contributed by atoms with Crippen LogP contribution < -0.4 is 10.2 Å². The lowest BCUT2D eigenvalue weighted by molar-refractivity contribution is 0.424. The monoisotopic (exact) mass is 294 g/mol. The molecule has 1 saturated heterocycles. The number of nitrogens with zero attached hydrogens (tertiary/aromatic N) is 1. The first kappa shape index (κ1) is 15.7. The molecule has 2 rings (SSSR count). The van der Waals surface area contributed by atoms with Crippen LogP contribution in [0.25, 0.3) is 0 Å². The fraction of sp³-hybridized carbons (Fsp3) is 0.647. The molecule has 2 nitrogen and oxygen atoms in total. The van der Waals surface area contributed by atoms with E-state index in [1.165, 1.54) is 30.5 Å². The third-order valence-electron chi connectivity index (χ3n) is 4.05. The van der Waals surface area contributed by atoms with Crippen molar-refractivity contribution in [3.8, 4) is 0 Å². The molecule has 20 heavy (non-hydrogen) atoms. The van der Waals surface area contributed by atoms with Gasteiger partial charge in [0, 0.05) is 40.9 Å². The van der Waals surface area contributed by atoms with E-state index >= 15 is 0 Å². The Balaban J connectivity index is 2.26. The van der Waals surface area contributed by atoms with Gasteiger partial charge in [-0.15, -0.1) is 0 Å². The van der Waals surface area contributed by atoms with E-state index in [0.717, 1.165) is 18.1 Å². The van der Waals surface area contributed by atoms with Crippen LogP contribution in [0, 0.1) is 0 Å². The van der Waals surface area contributed by atoms with Gasteiger partial charge in [-0.3, -0.25) is 0 Å². The smallest absolute Gasteiger partial charge is 0.0471 e. The van der Waals surface area contributed by atoms with Crippen molar-refractivity contribution >= 4 is 17.3 Å². The van der Waals surface area contributed by atoms with E-state index in [2.05, 4.69) is 50.0 Å². The van der Waals surface area contributed by atoms with Crippen LogP contribution in [0.2, 0.25) is 5.02 Å². The summed E-state index contributed by atoms with van der Waals surface area (Å²) in [4.78, 5) is 2.55. The Hall–Kier alpha value is -0.730. The molecule has 1 N–H and O–H groups in total. The van der Waals surface area contributed by atoms with Crippen molar-refractivity contribution in [2.45, 2.75) is 65.1 Å². The number of nitrogens with one attached hydrogen (secondary N) is 1. The summed E-state index contributed by atoms with van der Waals surface area (Å²) < 4.78 is 0. The molecule has 0 aromatic heterocycles. The molecule has 0 amide bonds. The molecule has 1 aromatic carbocycles. The second-order valence-corrected chi connectivity index (χ2v) is 7.15. The highest BCUT2D eigenvalue weighted by Crippen LogP contribution is 2.33. The summed E-state index contributed by atoms with van der Waals surface area (Å²) >= 11 is 6.46. The molecule has 0 spiro atoms. The lowest BCUT2D eigenvalue weighted by Crippen LogP contribution is -2.36. The zero-order chi connectivity index (χ0) is 14.8. The lowest BCUT2D eigenvalue weighted by atomic mass is 10.1. The minimum absolute atomic E-state index is 0.103. The van der Waals surface area contributed by atoms with Gasteiger partial charge in [0.1, 0.15) is 0 Å². The molecular weight excluding hydrogens is 268 g/mol. The standard InChI is InChI=1S/C17H27ClN2/c1-5-13-8-7-11-20(13)16-10-6-9-15(18)14(16)12-19-17(2,3)4/h6,9-10,13,19H,5,7-8,11-12H2,1-4H3. The molecule has 0 aliphatic carbocycles. The number of benzene rings is 1. The Bertz CT molecular complexity index is 451. The van der Waals surface area contributed by atoms with Crippen molar-refractivity contribution in [2.24, 2.45) is 0 Å². The maximum absolute atomic E-state index is 6.46. The fourth-order valence-electron chi connectivity index (χ4n) is 2.92. The van der Waals surface area contributed by atoms with Gasteiger partial charge in [0.25, 0.3) is 0 Å². The van der Waals surface area contributed by atoms with Crippen molar-refractivity contribution < 1.29 is 0 Å². The third-order valence-corrected chi connectivity index (χ3v) is 4.40. The Morgan fingerprint density at radius 1 is 1.35 bits per heavy atom. The molecular formula is C17H27ClN2. The summed E-state index contributed by atoms with van der Waals surface area (Å²) in [5.74, 6) is 0. The summed E-state index contributed by atoms with van der Waals surface area (Å²) in [5, 5.41) is 4.44. The molecule has 1 fully saturated rings. The van der Waals surface area contributed by atoms with Gasteiger partial charge in [0.2, 0.25) is 0 Å². The van der Waals surface area contributed by atoms with E-state index in [-0.39, 0.29) is 5.54 Å². The maximum Gasteiger partial charge on any atom is 0.0471 e. The first-order chi connectivity index (χ1) is 9.42. The van der Waals surface area contributed by atoms with Crippen LogP contribution in [0.5, 0.6) is 0 Å². The number of rotatable bonds is 4. The zero-order valence-electron chi connectivity index (χ0n) is 13.2. The molecule has 1 unspecified atom stereocenters. The zero-order valence-corrected chi connectivity index (χ0v) is 13.9. The Labute approximate surface area is 128 Å². The summed E-state index contributed by atoms with van der Waals surface area (Å²) in [6, 6.07) is 6.96. The Morgan fingerprint density at radius 2 is 2.10 bits per heavy atom. The van der Waals surface area contributed by atoms with Gasteiger partial charge in [-0.05, 0) is 52.2 Å². The minimum atomic E-state index is 0.103. The molecule has 1 atom stereocenters. The highest BCUT2D eigenvalue weighted by molar-refractivity contribution is 6.31. The van der Waals surface area contributed by atoms with E-state index in [9.17, 15) is 0 Å². The first-order valence-electron chi connectivity index (χ1n) is 7.71. The molecule has 1 heterocycles. The van der Waals surface area contributed by atoms with Crippen LogP contribution in [0.15, 0.2) is 18.2 Å². The average molecular weight is 295 g/mol. The molecule has 1 aromatic rings. The molecule has 112 valence electrons. The van der Waals surface area contributed by atoms with E-state index in [0.29, 0.717) is 6.04 Å². The first-order valence-corrected chi connectivity index (χ1v) is 8.09. The van der Waals surface area contributed by atoms with Crippen LogP contribution in [0.1, 0.15) is 52.5 Å². The molecule has 0 saturated carbocycles. The lowest BCUT2D eigenvalue weighted by Gasteiger charge is -2.30. The molecule has 0 bridgehead atoms. The summed E-state index contributed by atoms with van der Waals surface area (Å²) in [5.41, 5.74) is 2.66. The van der Waals surface area contributed by atoms with Gasteiger partial charge >= 0.3 is 0 Å². The predicted octanol–water partition coefficient (Wildman–Crippen LogP) is 4.61. The van der Waals surface area contributed by atoms with Crippen LogP contribution >= 0.6 is 11.6 Å². The second-order valence-electron chi connectivity index (χ2n) is 6.74. The van der Waals surface area contributed by atoms with Gasteiger partial charge in [-0.25, -0.2) is 0 Å². The quantitative estimate of drug-likeness (QED) is 0.872. The van der Waals surface area contributed by atoms with Crippen molar-refractivity contribution in [1.29, 1.82) is 0 Å². The highest BCUT2D eigenvalue weighted by Gasteiger charge is 2.25. The van der Waals surface area contributed by atoms with Gasteiger partial charge in [-0.1, -0.05) is 24.6 Å². The van der Waals surface area contributed by atoms with Crippen molar-refractivity contribution in [3.63, 3.8) is 0 Å². The molecule has 1 aliphatic heterocycles. The van der Waals surface area contributed by atoms with Gasteiger partial charge in [0.15, 0.2) is 0 Å². The highest BCUT2D eigenvalue weighted by atomic mass is 35.5. The molecule has 0 radical (unpaired) electrons. The van der Waals surface area contributed by atoms with Crippen LogP contribution in [-0.2, 0) is 6.54 Å². The third kappa shape index (κ3) is 3.67. The summed E-state index contributed by atoms with van der Waals surface area (Å²) in [6.07, 6.45) is 3.80. The van der Waals surface area contributed by atoms with E-state index in [4.69, 9.17) is 11.6 Å². The number of halogens is 1. The maximum atomic E-state index is 6.46. The van der Waals surface area contributed by atoms with Gasteiger partial charge < -0.3 is 10.2 Å². The van der Waals surface area contributed by atoms with Crippen molar-refractivity contribution in [2.75, 3.05) is 11.4 Å². The average Bonchev–Trinajstić information content (AvgIpc) is 2.84. The van der Waals surface area contributed by atoms with Gasteiger partial charge in [-0.2, -0.15) is 0 Å². The van der Waals surface area contributed by atoms with Gasteiger partial charge in [0.05, 0.1) is 0 Å². The minimum Gasteiger partial charge on any atom is -0.368 e. The Morgan fingerprint density at radius 3 is 2.75 bits per heavy atom. The van der Waals surface area contributed by atoms with Crippen LogP contribution in [0.3, 0.4) is 0 Å². The fourth-order valence-corrected chi connectivity index (χ4v) is 3.16. The summed E-state index contributed by atoms with van der Waals surface area (Å²) in [6.45, 7) is 10.8. The van der Waals surface area contributed by atoms with E-state index < -0.39 is 0 Å². The van der Waals surface area contributed by atoms with Crippen LogP contribution in [0.4, 0.5) is 5.69 Å². The van der Waals surface area contributed by atoms with Crippen molar-refractivity contribution in [3.05, 3.63) is 28.8 Å². The number of anilines is 1. The van der Waals surface area contributed by atoms with E-state index in [1.807, 2.05) is 6.07 Å². The molecule has 3 heteroatoms. The number of hydrogen-bond acceptors (Lipinski definition) is 2. The van der Waals surface area contributed by atoms with Crippen molar-refractivity contribution in [1.82, 2.24) is 5.32 Å². The SMILES string of the molecule is CCC1CCCN1c1cccc(Cl)c1CNC(C)(C)C. The normalized spacial score (nSPS) is 19.6. The van der Waals surface area contributed by atoms with E-state index in [1.54, 1.807) is 0 Å². The number of hydrogen-bond donors (Lipinski definition) is 1.